The second-order valence-electron chi connectivity index (χ2n) is 25.8. The third kappa shape index (κ3) is 19.8. The van der Waals surface area contributed by atoms with Crippen LogP contribution < -0.4 is 10.2 Å². The van der Waals surface area contributed by atoms with E-state index in [0.717, 1.165) is 70.5 Å². The molecule has 4 aliphatic rings. The molecule has 25 nitrogen and oxygen atoms in total. The average molecular weight is 1340 g/mol. The molecule has 3 unspecified atom stereocenters. The molecule has 27 heteroatoms. The number of fused-ring (bicyclic) bond motifs is 4. The van der Waals surface area contributed by atoms with Crippen molar-refractivity contribution in [2.24, 2.45) is 16.2 Å². The maximum Gasteiger partial charge on any atom is 0.355 e. The molecule has 2 aromatic carbocycles. The van der Waals surface area contributed by atoms with E-state index in [1.807, 2.05) is 71.1 Å². The van der Waals surface area contributed by atoms with E-state index >= 15 is 0 Å². The first-order valence-electron chi connectivity index (χ1n) is 32.3. The Hall–Kier alpha value is -6.63. The standard InChI is InChI=1S/C67H90N8O17S2/c1-6-66(47-75-48(2)52(40-68-75)50-14-15-56(70-60(50)62(80)81)73-20-18-49-10-9-11-51(53(49)41-73)61(79)71-63-69-54-12-7-8-13-55(54)93-63)44-65(5)42-64(3,4)43-67(45-65,46-66)92-38-37-86-25-21-72(23-39-94(82,83)84)57(76)19-24-85-27-29-88-31-33-90-35-36-91-34-32-89-30-28-87-26-22-74-58(77)16-17-59(74)78/h7-17,40H,6,18-39,41-47H2,1-5H3,(H,80,81)(H,69,71,79)(H,82,83,84). The number of para-hydroxylation sites is 1. The summed E-state index contributed by atoms with van der Waals surface area (Å²) in [5.74, 6) is -2.56. The molecule has 94 heavy (non-hydrogen) atoms. The third-order valence-corrected chi connectivity index (χ3v) is 19.5. The summed E-state index contributed by atoms with van der Waals surface area (Å²) >= 11 is 1.42. The molecule has 9 rings (SSSR count). The fourth-order valence-corrected chi connectivity index (χ4v) is 15.6. The first-order chi connectivity index (χ1) is 45.1. The molecular formula is C67H90N8O17S2. The number of aromatic carboxylic acids is 1. The molecule has 3 aromatic heterocycles. The van der Waals surface area contributed by atoms with Crippen molar-refractivity contribution in [3.05, 3.63) is 101 Å². The van der Waals surface area contributed by atoms with Gasteiger partial charge in [0, 0.05) is 67.3 Å². The highest BCUT2D eigenvalue weighted by Crippen LogP contribution is 2.64. The van der Waals surface area contributed by atoms with Crippen molar-refractivity contribution in [3.63, 3.8) is 0 Å². The van der Waals surface area contributed by atoms with Crippen molar-refractivity contribution < 1.29 is 79.9 Å². The van der Waals surface area contributed by atoms with Crippen LogP contribution in [0.4, 0.5) is 10.9 Å². The Morgan fingerprint density at radius 3 is 2.03 bits per heavy atom. The fourth-order valence-electron chi connectivity index (χ4n) is 14.3. The van der Waals surface area contributed by atoms with E-state index in [1.54, 1.807) is 6.20 Å². The van der Waals surface area contributed by atoms with Gasteiger partial charge in [-0.3, -0.25) is 38.6 Å². The van der Waals surface area contributed by atoms with Crippen LogP contribution in [-0.2, 0) is 81.9 Å². The number of nitrogens with zero attached hydrogens (tertiary/aromatic N) is 7. The van der Waals surface area contributed by atoms with E-state index in [1.165, 1.54) is 28.4 Å². The largest absolute Gasteiger partial charge is 0.476 e. The summed E-state index contributed by atoms with van der Waals surface area (Å²) < 4.78 is 82.2. The lowest BCUT2D eigenvalue weighted by molar-refractivity contribution is -0.202. The van der Waals surface area contributed by atoms with Crippen LogP contribution >= 0.6 is 11.3 Å². The molecule has 0 radical (unpaired) electrons. The van der Waals surface area contributed by atoms with Crippen LogP contribution in [0.3, 0.4) is 0 Å². The predicted molar refractivity (Wildman–Crippen MR) is 352 cm³/mol. The average Bonchev–Trinajstić information content (AvgIpc) is 0.749. The molecule has 2 bridgehead atoms. The molecule has 2 fully saturated rings. The Morgan fingerprint density at radius 2 is 1.37 bits per heavy atom. The lowest BCUT2D eigenvalue weighted by atomic mass is 9.47. The molecule has 5 aromatic rings. The first-order valence-corrected chi connectivity index (χ1v) is 34.7. The third-order valence-electron chi connectivity index (χ3n) is 17.8. The zero-order chi connectivity index (χ0) is 66.9. The predicted octanol–water partition coefficient (Wildman–Crippen LogP) is 7.69. The molecule has 2 aliphatic carbocycles. The van der Waals surface area contributed by atoms with Gasteiger partial charge in [-0.15, -0.1) is 0 Å². The van der Waals surface area contributed by atoms with E-state index in [-0.39, 0.29) is 111 Å². The number of thiazole rings is 1. The number of ether oxygens (including phenoxy) is 8. The minimum Gasteiger partial charge on any atom is -0.476 e. The quantitative estimate of drug-likeness (QED) is 0.0193. The molecule has 512 valence electrons. The van der Waals surface area contributed by atoms with Crippen molar-refractivity contribution in [1.82, 2.24) is 29.5 Å². The molecule has 2 aliphatic heterocycles. The van der Waals surface area contributed by atoms with Crippen LogP contribution in [-0.4, -0.2) is 214 Å². The molecule has 0 saturated heterocycles. The summed E-state index contributed by atoms with van der Waals surface area (Å²) in [4.78, 5) is 77.2. The number of carbonyl (C=O) groups is 5. The maximum absolute atomic E-state index is 13.8. The van der Waals surface area contributed by atoms with Gasteiger partial charge in [-0.25, -0.2) is 14.8 Å². The highest BCUT2D eigenvalue weighted by atomic mass is 32.2. The van der Waals surface area contributed by atoms with Crippen LogP contribution in [0.25, 0.3) is 21.3 Å². The SMILES string of the molecule is CCC1(Cn2ncc(-c3ccc(N4CCc5cccc(C(=O)Nc6nc7ccccc7s6)c5C4)nc3C(=O)O)c2C)CC2(C)CC(C)(C)CC(OCCOCCN(CCS(=O)(=O)O)C(=O)CCOCCOCCOCCOCCOCCOCCN3C(=O)C=CC3=O)(C2)C1. The number of carboxylic acids is 1. The van der Waals surface area contributed by atoms with Crippen molar-refractivity contribution in [2.75, 3.05) is 141 Å². The number of nitrogens with one attached hydrogen (secondary N) is 1. The van der Waals surface area contributed by atoms with E-state index < -0.39 is 27.4 Å². The summed E-state index contributed by atoms with van der Waals surface area (Å²) in [6.07, 6.45) is 10.2. The second kappa shape index (κ2) is 32.9. The molecule has 5 heterocycles. The highest BCUT2D eigenvalue weighted by molar-refractivity contribution is 7.85. The Labute approximate surface area is 553 Å². The van der Waals surface area contributed by atoms with Gasteiger partial charge in [-0.2, -0.15) is 13.5 Å². The summed E-state index contributed by atoms with van der Waals surface area (Å²) in [6, 6.07) is 17.1. The van der Waals surface area contributed by atoms with Gasteiger partial charge in [-0.05, 0) is 110 Å². The molecule has 0 spiro atoms. The monoisotopic (exact) mass is 1340 g/mol. The molecule has 4 amide bonds. The van der Waals surface area contributed by atoms with Crippen LogP contribution in [0, 0.1) is 23.2 Å². The Bertz CT molecular complexity index is 3520. The maximum atomic E-state index is 13.8. The van der Waals surface area contributed by atoms with Gasteiger partial charge in [0.2, 0.25) is 5.91 Å². The van der Waals surface area contributed by atoms with Crippen LogP contribution in [0.2, 0.25) is 0 Å². The number of anilines is 2. The van der Waals surface area contributed by atoms with Gasteiger partial charge in [0.05, 0.1) is 140 Å². The molecule has 3 atom stereocenters. The topological polar surface area (TPSA) is 299 Å². The lowest BCUT2D eigenvalue weighted by Crippen LogP contribution is -2.58. The number of rotatable bonds is 39. The number of carbonyl (C=O) groups excluding carboxylic acids is 4. The number of benzene rings is 2. The second-order valence-corrected chi connectivity index (χ2v) is 28.4. The van der Waals surface area contributed by atoms with Crippen molar-refractivity contribution in [3.8, 4) is 11.1 Å². The van der Waals surface area contributed by atoms with Crippen LogP contribution in [0.1, 0.15) is 110 Å². The fraction of sp³-hybridized carbons (Fsp3) is 0.582. The van der Waals surface area contributed by atoms with E-state index in [9.17, 15) is 42.0 Å². The van der Waals surface area contributed by atoms with Gasteiger partial charge in [0.25, 0.3) is 27.8 Å². The van der Waals surface area contributed by atoms with Gasteiger partial charge in [0.1, 0.15) is 5.82 Å². The Kier molecular flexibility index (Phi) is 25.1. The first kappa shape index (κ1) is 71.7. The van der Waals surface area contributed by atoms with E-state index in [2.05, 4.69) is 38.0 Å². The van der Waals surface area contributed by atoms with Gasteiger partial charge < -0.3 is 52.8 Å². The number of amides is 4. The number of aromatic nitrogens is 4. The lowest BCUT2D eigenvalue weighted by Gasteiger charge is -2.62. The van der Waals surface area contributed by atoms with Crippen molar-refractivity contribution >= 4 is 72.2 Å². The zero-order valence-corrected chi connectivity index (χ0v) is 56.2. The molecule has 3 N–H and O–H groups in total. The Morgan fingerprint density at radius 1 is 0.723 bits per heavy atom. The minimum absolute atomic E-state index is 0.000708. The number of carboxylic acid groups (broad SMARTS) is 1. The van der Waals surface area contributed by atoms with Crippen molar-refractivity contribution in [1.29, 1.82) is 0 Å². The highest BCUT2D eigenvalue weighted by Gasteiger charge is 2.59. The smallest absolute Gasteiger partial charge is 0.355 e. The number of hydrogen-bond donors (Lipinski definition) is 3. The number of hydrogen-bond acceptors (Lipinski definition) is 20. The summed E-state index contributed by atoms with van der Waals surface area (Å²) in [5.41, 5.74) is 4.41. The van der Waals surface area contributed by atoms with Crippen LogP contribution in [0.15, 0.2) is 72.9 Å². The summed E-state index contributed by atoms with van der Waals surface area (Å²) in [5, 5.41) is 19.2. The van der Waals surface area contributed by atoms with Gasteiger partial charge in [0.15, 0.2) is 10.8 Å². The number of pyridine rings is 1. The molecule has 2 saturated carbocycles. The van der Waals surface area contributed by atoms with E-state index in [0.29, 0.717) is 113 Å². The molecular weight excluding hydrogens is 1250 g/mol. The minimum atomic E-state index is -4.35. The number of imide groups is 1. The van der Waals surface area contributed by atoms with Gasteiger partial charge >= 0.3 is 5.97 Å². The summed E-state index contributed by atoms with van der Waals surface area (Å²) in [7, 11) is -4.35. The Balaban J connectivity index is 0.703. The van der Waals surface area contributed by atoms with Crippen molar-refractivity contribution in [2.45, 2.75) is 105 Å². The normalized spacial score (nSPS) is 20.1. The van der Waals surface area contributed by atoms with Crippen LogP contribution in [0.5, 0.6) is 0 Å². The van der Waals surface area contributed by atoms with Gasteiger partial charge in [-0.1, -0.05) is 63.3 Å². The zero-order valence-electron chi connectivity index (χ0n) is 54.6. The van der Waals surface area contributed by atoms with E-state index in [4.69, 9.17) is 48.0 Å². The summed E-state index contributed by atoms with van der Waals surface area (Å²) in [6.45, 7) is 17.1.